The molecular weight excluding hydrogens is 895 g/mol. The molecule has 2 aliphatic heterocycles. The molecule has 3 aromatic carbocycles. The molecule has 1 saturated heterocycles. The topological polar surface area (TPSA) is 171 Å². The Balaban J connectivity index is 1.19. The van der Waals surface area contributed by atoms with Crippen molar-refractivity contribution in [1.82, 2.24) is 35.5 Å². The number of hydrogen-bond donors (Lipinski definition) is 4. The van der Waals surface area contributed by atoms with Crippen LogP contribution in [0.1, 0.15) is 70.6 Å². The van der Waals surface area contributed by atoms with Crippen LogP contribution in [0.15, 0.2) is 85.2 Å². The number of anilines is 1. The number of likely N-dealkylation sites (N-methyl/N-ethyl adjacent to an activating group) is 1. The number of aromatic nitrogens is 2. The van der Waals surface area contributed by atoms with Gasteiger partial charge in [-0.1, -0.05) is 58.0 Å². The fraction of sp³-hybridized carbons (Fsp3) is 0.442. The maximum absolute atomic E-state index is 14.7. The number of carbonyl (C=O) groups is 3. The number of pyridine rings is 1. The lowest BCUT2D eigenvalue weighted by molar-refractivity contribution is -0.835. The number of hydrazine groups is 1. The lowest BCUT2D eigenvalue weighted by Gasteiger charge is -2.34. The molecule has 366 valence electrons. The summed E-state index contributed by atoms with van der Waals surface area (Å²) in [6, 6.07) is 21.8. The van der Waals surface area contributed by atoms with Crippen molar-refractivity contribution in [2.75, 3.05) is 46.3 Å². The Morgan fingerprint density at radius 1 is 1.07 bits per heavy atom. The van der Waals surface area contributed by atoms with Crippen LogP contribution in [0.2, 0.25) is 0 Å². The van der Waals surface area contributed by atoms with E-state index in [2.05, 4.69) is 82.0 Å². The van der Waals surface area contributed by atoms with E-state index in [0.29, 0.717) is 49.0 Å². The van der Waals surface area contributed by atoms with Gasteiger partial charge in [0.1, 0.15) is 17.8 Å². The summed E-state index contributed by atoms with van der Waals surface area (Å²) < 4.78 is 13.2. The largest absolute Gasteiger partial charge is 0.497 e. The van der Waals surface area contributed by atoms with Crippen molar-refractivity contribution in [3.8, 4) is 28.1 Å². The molecule has 2 aromatic heterocycles. The van der Waals surface area contributed by atoms with E-state index >= 15 is 0 Å². The molecule has 16 nitrogen and oxygen atoms in total. The van der Waals surface area contributed by atoms with Crippen LogP contribution in [-0.2, 0) is 50.0 Å². The molecule has 3 atom stereocenters. The van der Waals surface area contributed by atoms with Gasteiger partial charge >= 0.3 is 6.17 Å². The number of nitrogens with one attached hydrogen (secondary N) is 4. The molecule has 0 spiro atoms. The second-order valence-electron chi connectivity index (χ2n) is 19.0. The normalized spacial score (nSPS) is 17.7. The molecule has 4 N–H and O–H groups in total. The van der Waals surface area contributed by atoms with Gasteiger partial charge in [-0.25, -0.2) is 4.84 Å². The second-order valence-corrected chi connectivity index (χ2v) is 19.4. The third-order valence-electron chi connectivity index (χ3n) is 12.9. The summed E-state index contributed by atoms with van der Waals surface area (Å²) in [4.78, 5) is 69.3. The number of thiocarbonyl (C=S) groups is 1. The Kier molecular flexibility index (Phi) is 16.3. The number of aryl methyl sites for hydroxylation is 1. The standard InChI is InChI=1S/C52H65N9O7S/c1-9-59-44-20-15-36-28-40(44)41(48(59)42-30-53-23-21-37(42)31-66-7)29-52(4,5)32-68-61(65)45-14-11-25-60(57-45)50(64)43(27-34-12-10-13-35(36)26-34)56-49(63)47(33(2)3)58(6)46(62)22-24-54-51(69)55-38-16-18-39(67-8)19-17-38/h10,12-13,15-21,23,26,28,30,33,43,45,47,57H,9,11,14,22,24-25,27,29,31-32H2,1-8H3,(H2-,54,55,56,63,69)/p+1/t43-,45+,47-/m0/s1. The summed E-state index contributed by atoms with van der Waals surface area (Å²) in [6.45, 7) is 11.8. The molecule has 0 unspecified atom stereocenters. The van der Waals surface area contributed by atoms with E-state index < -0.39 is 35.5 Å². The second kappa shape index (κ2) is 22.3. The molecule has 6 bridgehead atoms. The van der Waals surface area contributed by atoms with Crippen LogP contribution in [0.5, 0.6) is 5.75 Å². The molecule has 0 radical (unpaired) electrons. The summed E-state index contributed by atoms with van der Waals surface area (Å²) in [5, 5.41) is 12.1. The number of fused-ring (bicyclic) bond motifs is 6. The molecule has 7 rings (SSSR count). The van der Waals surface area contributed by atoms with Crippen LogP contribution < -0.4 is 26.1 Å². The minimum absolute atomic E-state index is 0.0622. The van der Waals surface area contributed by atoms with Crippen molar-refractivity contribution in [1.29, 1.82) is 0 Å². The van der Waals surface area contributed by atoms with Crippen molar-refractivity contribution in [3.05, 3.63) is 107 Å². The number of ether oxygens (including phenoxy) is 2. The third-order valence-corrected chi connectivity index (χ3v) is 13.1. The zero-order valence-electron chi connectivity index (χ0n) is 41.0. The Bertz CT molecular complexity index is 2670. The molecule has 2 aliphatic rings. The van der Waals surface area contributed by atoms with E-state index in [0.717, 1.165) is 61.4 Å². The van der Waals surface area contributed by atoms with Gasteiger partial charge in [0.05, 0.1) is 24.3 Å². The average Bonchev–Trinajstić information content (AvgIpc) is 3.64. The summed E-state index contributed by atoms with van der Waals surface area (Å²) in [5.74, 6) is -0.737. The van der Waals surface area contributed by atoms with Gasteiger partial charge < -0.3 is 34.9 Å². The lowest BCUT2D eigenvalue weighted by atomic mass is 9.84. The summed E-state index contributed by atoms with van der Waals surface area (Å²) >= 11 is 5.46. The molecular formula is C52H66N9O7S+. The van der Waals surface area contributed by atoms with Gasteiger partial charge in [-0.2, -0.15) is 5.43 Å². The van der Waals surface area contributed by atoms with Crippen molar-refractivity contribution in [2.24, 2.45) is 11.3 Å². The van der Waals surface area contributed by atoms with Gasteiger partial charge in [-0.15, -0.1) is 0 Å². The predicted molar refractivity (Wildman–Crippen MR) is 271 cm³/mol. The van der Waals surface area contributed by atoms with E-state index in [9.17, 15) is 19.3 Å². The summed E-state index contributed by atoms with van der Waals surface area (Å²) in [7, 11) is 4.89. The van der Waals surface area contributed by atoms with Crippen molar-refractivity contribution in [3.63, 3.8) is 0 Å². The molecule has 17 heteroatoms. The SMILES string of the molecule is CCn1c(-c2cnccc2COC)c2c3cc(ccc31)-c1cccc(c1)C[C@H](NC(=O)[C@H](C(C)C)N(C)C(=O)CCNC(=S)Nc1ccc(OC)cc1)C(=O)N1CCC[C@H](N1)[N+](=O)OCC(C)(C)C2. The minimum Gasteiger partial charge on any atom is -0.497 e. The average molecular weight is 961 g/mol. The van der Waals surface area contributed by atoms with E-state index in [1.54, 1.807) is 27.5 Å². The number of benzene rings is 3. The van der Waals surface area contributed by atoms with Gasteiger partial charge in [-0.05, 0) is 108 Å². The van der Waals surface area contributed by atoms with E-state index in [-0.39, 0.29) is 37.8 Å². The molecule has 3 amide bonds. The number of amides is 3. The van der Waals surface area contributed by atoms with Crippen LogP contribution >= 0.6 is 12.2 Å². The number of nitrogens with zero attached hydrogens (tertiary/aromatic N) is 5. The van der Waals surface area contributed by atoms with Crippen LogP contribution in [0.4, 0.5) is 5.69 Å². The number of hydrogen-bond acceptors (Lipinski definition) is 10. The van der Waals surface area contributed by atoms with Crippen LogP contribution in [0.3, 0.4) is 0 Å². The Hall–Kier alpha value is -6.43. The predicted octanol–water partition coefficient (Wildman–Crippen LogP) is 7.18. The molecule has 5 aromatic rings. The molecule has 0 aliphatic carbocycles. The van der Waals surface area contributed by atoms with Crippen LogP contribution in [0.25, 0.3) is 33.3 Å². The maximum Gasteiger partial charge on any atom is 0.326 e. The van der Waals surface area contributed by atoms with Crippen LogP contribution in [-0.4, -0.2) is 106 Å². The highest BCUT2D eigenvalue weighted by molar-refractivity contribution is 7.80. The fourth-order valence-electron chi connectivity index (χ4n) is 9.42. The zero-order valence-corrected chi connectivity index (χ0v) is 41.8. The Morgan fingerprint density at radius 3 is 2.57 bits per heavy atom. The van der Waals surface area contributed by atoms with Gasteiger partial charge in [0, 0.05) is 93.0 Å². The van der Waals surface area contributed by atoms with E-state index in [1.807, 2.05) is 62.5 Å². The first-order valence-corrected chi connectivity index (χ1v) is 24.1. The van der Waals surface area contributed by atoms with Gasteiger partial charge in [0.2, 0.25) is 16.7 Å². The summed E-state index contributed by atoms with van der Waals surface area (Å²) in [5.41, 5.74) is 11.3. The fourth-order valence-corrected chi connectivity index (χ4v) is 9.64. The summed E-state index contributed by atoms with van der Waals surface area (Å²) in [6.07, 6.45) is 4.58. The zero-order chi connectivity index (χ0) is 49.4. The first kappa shape index (κ1) is 50.4. The van der Waals surface area contributed by atoms with E-state index in [1.165, 1.54) is 9.91 Å². The molecule has 1 fully saturated rings. The third kappa shape index (κ3) is 11.9. The molecule has 0 saturated carbocycles. The first-order chi connectivity index (χ1) is 33.1. The first-order valence-electron chi connectivity index (χ1n) is 23.7. The lowest BCUT2D eigenvalue weighted by Crippen LogP contribution is -2.62. The van der Waals surface area contributed by atoms with Gasteiger partial charge in [0.15, 0.2) is 11.7 Å². The quantitative estimate of drug-likeness (QED) is 0.0879. The maximum atomic E-state index is 14.7. The monoisotopic (exact) mass is 960 g/mol. The highest BCUT2D eigenvalue weighted by Gasteiger charge is 2.40. The smallest absolute Gasteiger partial charge is 0.326 e. The number of carbonyl (C=O) groups excluding carboxylic acids is 3. The molecule has 4 heterocycles. The van der Waals surface area contributed by atoms with Crippen LogP contribution in [0, 0.1) is 16.2 Å². The van der Waals surface area contributed by atoms with Crippen molar-refractivity contribution in [2.45, 2.75) is 98.1 Å². The minimum atomic E-state index is -1.05. The van der Waals surface area contributed by atoms with E-state index in [4.69, 9.17) is 26.5 Å². The molecule has 69 heavy (non-hydrogen) atoms. The highest BCUT2D eigenvalue weighted by Crippen LogP contribution is 2.41. The Labute approximate surface area is 409 Å². The number of methoxy groups -OCH3 is 2. The van der Waals surface area contributed by atoms with Crippen molar-refractivity contribution >= 4 is 51.6 Å². The van der Waals surface area contributed by atoms with Gasteiger partial charge in [-0.3, -0.25) is 24.4 Å². The number of rotatable bonds is 13. The van der Waals surface area contributed by atoms with Gasteiger partial charge in [0.25, 0.3) is 5.91 Å². The Morgan fingerprint density at radius 2 is 1.84 bits per heavy atom. The van der Waals surface area contributed by atoms with Crippen molar-refractivity contribution < 1.29 is 33.6 Å². The highest BCUT2D eigenvalue weighted by atomic mass is 32.1.